The molecule has 0 saturated carbocycles. The van der Waals surface area contributed by atoms with E-state index in [0.29, 0.717) is 12.8 Å². The maximum Gasteiger partial charge on any atom is 0.364 e. The lowest BCUT2D eigenvalue weighted by Crippen LogP contribution is -2.71. The number of aliphatic hydroxyl groups excluding tert-OH is 23. The van der Waals surface area contributed by atoms with Gasteiger partial charge in [-0.1, -0.05) is 180 Å². The van der Waals surface area contributed by atoms with Crippen LogP contribution in [0.2, 0.25) is 0 Å². The first kappa shape index (κ1) is 126. The summed E-state index contributed by atoms with van der Waals surface area (Å²) in [5, 5.41) is 286. The predicted octanol–water partition coefficient (Wildman–Crippen LogP) is -7.28. The van der Waals surface area contributed by atoms with Gasteiger partial charge in [-0.05, 0) is 19.3 Å². The van der Waals surface area contributed by atoms with Gasteiger partial charge in [0.1, 0.15) is 189 Å². The Labute approximate surface area is 848 Å². The number of aliphatic carboxylic acids is 1. The summed E-state index contributed by atoms with van der Waals surface area (Å²) in [6.07, 6.45) is -45.9. The fourth-order valence-corrected chi connectivity index (χ4v) is 19.5. The number of aliphatic hydroxyl groups is 23. The first-order chi connectivity index (χ1) is 69.7. The molecule has 16 unspecified atom stereocenters. The quantitative estimate of drug-likeness (QED) is 0.0199. The molecule has 8 rings (SSSR count). The molecule has 146 heavy (non-hydrogen) atoms. The van der Waals surface area contributed by atoms with Gasteiger partial charge in [0.15, 0.2) is 44.0 Å². The normalized spacial score (nSPS) is 38.0. The summed E-state index contributed by atoms with van der Waals surface area (Å²) in [7, 11) is 0. The van der Waals surface area contributed by atoms with Crippen molar-refractivity contribution in [3.05, 3.63) is 12.2 Å². The highest BCUT2D eigenvalue weighted by atomic mass is 16.8. The Morgan fingerprint density at radius 3 is 1.13 bits per heavy atom. The number of amides is 5. The third-order valence-corrected chi connectivity index (χ3v) is 27.7. The summed E-state index contributed by atoms with van der Waals surface area (Å²) < 4.78 is 96.0. The van der Waals surface area contributed by atoms with Crippen molar-refractivity contribution in [1.82, 2.24) is 26.6 Å². The summed E-state index contributed by atoms with van der Waals surface area (Å²) in [4.78, 5) is 78.5. The van der Waals surface area contributed by atoms with Crippen LogP contribution in [0.1, 0.15) is 228 Å². The van der Waals surface area contributed by atoms with Crippen molar-refractivity contribution in [3.8, 4) is 0 Å². The number of allylic oxidation sites excluding steroid dienone is 1. The summed E-state index contributed by atoms with van der Waals surface area (Å²) in [5.74, 6) is -9.52. The van der Waals surface area contributed by atoms with Gasteiger partial charge < -0.3 is 225 Å². The van der Waals surface area contributed by atoms with Crippen molar-refractivity contribution in [1.29, 1.82) is 0 Å². The SMILES string of the molecule is CCCCCCCCCCCCC/C=C/[C@@H](O)[C@H](CO[C@@H]1OC(CO)[C@@H](O[C@@H]2OC(CO)[C@H](O)[C@H](O[C@@H]3OC(CO)[C@@H](O[C@@H]4OC(CO[C@@H]5OC(CO)[C@@H](O)[C@H](O)C5NC(C)=O)[C@H](O)[C@H](O[C@H]5OC(CO)[C@@H](O[C@@H]6OC(CO)[C@H](O)[C@H](O[C@]7(C(=O)O)CC(O)[C@@H](NC(C)=O)C([C@H](O)[C@H](O)CO)O7)C6O)[C@H](O)C5NC(C)=O)C4O)[C@H](O)C3NC(C)=O)C2O)[C@H](O)C1O)NC(=O)CCCCCCCCCCCCCCCCC. The predicted molar refractivity (Wildman–Crippen MR) is 499 cm³/mol. The van der Waals surface area contributed by atoms with Gasteiger partial charge in [-0.25, -0.2) is 4.79 Å². The Morgan fingerprint density at radius 2 is 0.712 bits per heavy atom. The Morgan fingerprint density at radius 1 is 0.363 bits per heavy atom. The van der Waals surface area contributed by atoms with Gasteiger partial charge in [0.25, 0.3) is 5.79 Å². The molecule has 848 valence electrons. The summed E-state index contributed by atoms with van der Waals surface area (Å²) >= 11 is 0. The van der Waals surface area contributed by atoms with Crippen LogP contribution in [-0.2, 0) is 105 Å². The number of hydrogen-bond donors (Lipinski definition) is 29. The molecule has 8 aliphatic rings. The zero-order valence-electron chi connectivity index (χ0n) is 84.0. The number of carboxylic acids is 1. The van der Waals surface area contributed by atoms with E-state index in [4.69, 9.17) is 75.8 Å². The van der Waals surface area contributed by atoms with Crippen molar-refractivity contribution in [2.45, 2.75) is 491 Å². The van der Waals surface area contributed by atoms with Gasteiger partial charge in [0, 0.05) is 40.5 Å². The van der Waals surface area contributed by atoms with Gasteiger partial charge in [0.2, 0.25) is 29.5 Å². The standard InChI is InChI=1S/C95H167N5O46/c1-7-9-11-13-15-17-19-21-22-24-26-28-30-32-34-36-62(115)100-51(52(112)35-33-31-29-27-25-23-20-18-16-14-12-10-8-2)45-131-90-76(125)75(124)82(60(44-107)138-90)142-91-77(126)84(69(118)56(40-103)134-91)143-88-65(98-49(5)110)73(122)80(58(42-105)136-88)140-92-78(127)85(71(120)61(139-92)46-132-87-64(97-48(4)109)72(121)68(117)55(39-102)133-87)144-89-66(99-50(6)111)74(123)81(59(43-106)137-89)141-93-79(128)86(70(119)57(41-104)135-93)146-95(94(129)130)37-53(113)63(96-47(3)108)83(145-95)67(116)54(114)38-101/h33,35,51-61,63-93,101-107,112-114,116-128H,7-32,34,36-46H2,1-6H3,(H,96,108)(H,97,109)(H,98,110)(H,99,111)(H,100,115)(H,129,130)/b35-33+/t51-,52+,53?,54+,55?,56?,57?,58?,59?,60?,61?,63+,64?,65?,66?,67+,68+,69-,70-,71-,72+,73+,74+,75+,76?,77?,78?,79?,80+,81+,82+,83?,84-,85-,86-,87+,88-,89+,90+,91-,92-,93-,95-/m0/s1. The molecule has 51 heteroatoms. The third kappa shape index (κ3) is 35.8. The molecule has 29 N–H and O–H groups in total. The topological polar surface area (TPSA) is 796 Å². The number of hydrogen-bond acceptors (Lipinski definition) is 45. The molecule has 8 fully saturated rings. The molecule has 8 heterocycles. The van der Waals surface area contributed by atoms with Crippen molar-refractivity contribution < 1.29 is 227 Å². The number of unbranched alkanes of at least 4 members (excludes halogenated alkanes) is 25. The Kier molecular flexibility index (Phi) is 55.1. The molecule has 8 aliphatic heterocycles. The molecule has 0 bridgehead atoms. The lowest BCUT2D eigenvalue weighted by Gasteiger charge is -2.51. The molecule has 0 aromatic rings. The Hall–Kier alpha value is -5.00. The van der Waals surface area contributed by atoms with E-state index in [1.165, 1.54) is 96.3 Å². The molecular weight excluding hydrogens is 1950 g/mol. The fraction of sp³-hybridized carbons (Fsp3) is 0.916. The molecule has 0 radical (unpaired) electrons. The first-order valence-corrected chi connectivity index (χ1v) is 51.6. The Balaban J connectivity index is 0.993. The molecule has 0 aromatic carbocycles. The average Bonchev–Trinajstić information content (AvgIpc) is 0.746. The van der Waals surface area contributed by atoms with Crippen LogP contribution in [0.4, 0.5) is 0 Å². The van der Waals surface area contributed by atoms with E-state index in [9.17, 15) is 151 Å². The van der Waals surface area contributed by atoms with Gasteiger partial charge in [0.05, 0.1) is 83.8 Å². The maximum absolute atomic E-state index is 13.7. The van der Waals surface area contributed by atoms with E-state index >= 15 is 0 Å². The van der Waals surface area contributed by atoms with Crippen LogP contribution in [0.3, 0.4) is 0 Å². The number of carboxylic acid groups (broad SMARTS) is 1. The molecule has 51 nitrogen and oxygen atoms in total. The maximum atomic E-state index is 13.7. The number of carbonyl (C=O) groups excluding carboxylic acids is 5. The lowest BCUT2D eigenvalue weighted by atomic mass is 9.88. The molecule has 5 amide bonds. The summed E-state index contributed by atoms with van der Waals surface area (Å²) in [6, 6.07) is -8.66. The molecule has 0 aromatic heterocycles. The van der Waals surface area contributed by atoms with Crippen molar-refractivity contribution in [2.75, 3.05) is 59.5 Å². The van der Waals surface area contributed by atoms with Crippen molar-refractivity contribution in [2.24, 2.45) is 0 Å². The minimum Gasteiger partial charge on any atom is -0.477 e. The van der Waals surface area contributed by atoms with Crippen LogP contribution < -0.4 is 26.6 Å². The van der Waals surface area contributed by atoms with E-state index in [1.54, 1.807) is 6.08 Å². The van der Waals surface area contributed by atoms with Crippen LogP contribution in [-0.4, -0.2) is 481 Å². The minimum atomic E-state index is -3.30. The number of nitrogens with one attached hydrogen (secondary N) is 5. The minimum absolute atomic E-state index is 0.132. The fourth-order valence-electron chi connectivity index (χ4n) is 19.5. The zero-order valence-corrected chi connectivity index (χ0v) is 84.0. The van der Waals surface area contributed by atoms with Gasteiger partial charge in [-0.2, -0.15) is 0 Å². The van der Waals surface area contributed by atoms with Crippen LogP contribution in [0.15, 0.2) is 12.2 Å². The van der Waals surface area contributed by atoms with Gasteiger partial charge in [-0.15, -0.1) is 0 Å². The average molecular weight is 2120 g/mol. The van der Waals surface area contributed by atoms with Gasteiger partial charge in [-0.3, -0.25) is 24.0 Å². The van der Waals surface area contributed by atoms with E-state index < -0.39 is 359 Å². The van der Waals surface area contributed by atoms with Crippen LogP contribution >= 0.6 is 0 Å². The number of rotatable bonds is 63. The van der Waals surface area contributed by atoms with Crippen LogP contribution in [0, 0.1) is 0 Å². The lowest BCUT2D eigenvalue weighted by molar-refractivity contribution is -0.393. The van der Waals surface area contributed by atoms with Crippen LogP contribution in [0.25, 0.3) is 0 Å². The van der Waals surface area contributed by atoms with E-state index in [-0.39, 0.29) is 12.3 Å². The Bertz CT molecular complexity index is 3780. The molecule has 0 spiro atoms. The summed E-state index contributed by atoms with van der Waals surface area (Å²) in [5.41, 5.74) is 0. The number of ether oxygens (including phenoxy) is 16. The van der Waals surface area contributed by atoms with E-state index in [0.717, 1.165) is 91.9 Å². The second kappa shape index (κ2) is 63.7. The second-order valence-electron chi connectivity index (χ2n) is 39.2. The monoisotopic (exact) mass is 2110 g/mol. The molecule has 0 aliphatic carbocycles. The van der Waals surface area contributed by atoms with E-state index in [1.807, 2.05) is 6.08 Å². The highest BCUT2D eigenvalue weighted by Gasteiger charge is 2.63. The van der Waals surface area contributed by atoms with Gasteiger partial charge >= 0.3 is 5.97 Å². The highest BCUT2D eigenvalue weighted by Crippen LogP contribution is 2.42. The smallest absolute Gasteiger partial charge is 0.364 e. The van der Waals surface area contributed by atoms with Crippen LogP contribution in [0.5, 0.6) is 0 Å². The third-order valence-electron chi connectivity index (χ3n) is 27.7. The molecule has 43 atom stereocenters. The highest BCUT2D eigenvalue weighted by molar-refractivity contribution is 5.77. The first-order valence-electron chi connectivity index (χ1n) is 51.6. The van der Waals surface area contributed by atoms with E-state index in [2.05, 4.69) is 40.4 Å². The van der Waals surface area contributed by atoms with Crippen molar-refractivity contribution >= 4 is 35.5 Å². The molecular formula is C95H167N5O46. The largest absolute Gasteiger partial charge is 0.477 e. The number of carbonyl (C=O) groups is 6. The zero-order chi connectivity index (χ0) is 107. The molecule has 8 saturated heterocycles. The summed E-state index contributed by atoms with van der Waals surface area (Å²) in [6.45, 7) is -1.34. The van der Waals surface area contributed by atoms with Crippen molar-refractivity contribution in [3.63, 3.8) is 0 Å². The second-order valence-corrected chi connectivity index (χ2v) is 39.2.